The molecular weight excluding hydrogens is 322 g/mol. The van der Waals surface area contributed by atoms with Gasteiger partial charge in [0, 0.05) is 18.5 Å². The summed E-state index contributed by atoms with van der Waals surface area (Å²) in [4.78, 5) is 26.4. The number of para-hydroxylation sites is 2. The van der Waals surface area contributed by atoms with Crippen LogP contribution in [-0.4, -0.2) is 30.6 Å². The first-order chi connectivity index (χ1) is 12.1. The molecule has 2 amide bonds. The van der Waals surface area contributed by atoms with E-state index in [0.29, 0.717) is 11.3 Å². The molecule has 0 bridgehead atoms. The van der Waals surface area contributed by atoms with E-state index in [4.69, 9.17) is 15.0 Å². The van der Waals surface area contributed by atoms with E-state index in [-0.39, 0.29) is 24.2 Å². The third kappa shape index (κ3) is 2.47. The predicted octanol–water partition coefficient (Wildman–Crippen LogP) is 1.86. The number of benzene rings is 1. The maximum absolute atomic E-state index is 13.1. The van der Waals surface area contributed by atoms with Gasteiger partial charge in [-0.2, -0.15) is 0 Å². The molecule has 25 heavy (non-hydrogen) atoms. The highest BCUT2D eigenvalue weighted by Crippen LogP contribution is 2.42. The Morgan fingerprint density at radius 1 is 1.32 bits per heavy atom. The molecule has 1 aromatic heterocycles. The quantitative estimate of drug-likeness (QED) is 0.899. The summed E-state index contributed by atoms with van der Waals surface area (Å²) in [6.45, 7) is 0.244. The number of carbonyl (C=O) groups excluding carboxylic acids is 2. The molecule has 2 aromatic rings. The molecule has 0 radical (unpaired) electrons. The van der Waals surface area contributed by atoms with Crippen LogP contribution in [0.15, 0.2) is 28.8 Å². The minimum Gasteiger partial charge on any atom is -0.491 e. The number of primary amides is 1. The molecule has 2 aliphatic rings. The van der Waals surface area contributed by atoms with Gasteiger partial charge in [0.1, 0.15) is 12.4 Å². The monoisotopic (exact) mass is 341 g/mol. The van der Waals surface area contributed by atoms with E-state index < -0.39 is 11.8 Å². The molecule has 0 spiro atoms. The Bertz CT molecular complexity index is 845. The van der Waals surface area contributed by atoms with Crippen molar-refractivity contribution in [1.29, 1.82) is 0 Å². The number of hydrogen-bond acceptors (Lipinski definition) is 5. The topological polar surface area (TPSA) is 98.7 Å². The Morgan fingerprint density at radius 2 is 2.12 bits per heavy atom. The minimum absolute atomic E-state index is 0.0422. The molecule has 7 nitrogen and oxygen atoms in total. The fourth-order valence-electron chi connectivity index (χ4n) is 3.87. The second kappa shape index (κ2) is 5.91. The lowest BCUT2D eigenvalue weighted by Gasteiger charge is -2.29. The van der Waals surface area contributed by atoms with Crippen LogP contribution in [0, 0.1) is 5.92 Å². The summed E-state index contributed by atoms with van der Waals surface area (Å²) < 4.78 is 11.1. The Morgan fingerprint density at radius 3 is 2.92 bits per heavy atom. The molecule has 1 aromatic carbocycles. The fourth-order valence-corrected chi connectivity index (χ4v) is 3.87. The number of rotatable bonds is 2. The lowest BCUT2D eigenvalue weighted by atomic mass is 9.76. The van der Waals surface area contributed by atoms with Crippen LogP contribution in [0.3, 0.4) is 0 Å². The van der Waals surface area contributed by atoms with Gasteiger partial charge in [-0.05, 0) is 31.4 Å². The Balaban J connectivity index is 1.74. The highest BCUT2D eigenvalue weighted by Gasteiger charge is 2.41. The van der Waals surface area contributed by atoms with Crippen LogP contribution in [0.4, 0.5) is 5.69 Å². The number of nitrogens with two attached hydrogens (primary N) is 1. The summed E-state index contributed by atoms with van der Waals surface area (Å²) in [5.74, 6) is -0.566. The van der Waals surface area contributed by atoms with E-state index in [1.54, 1.807) is 11.9 Å². The van der Waals surface area contributed by atoms with Gasteiger partial charge in [0.2, 0.25) is 11.7 Å². The summed E-state index contributed by atoms with van der Waals surface area (Å²) in [5.41, 5.74) is 7.58. The largest absolute Gasteiger partial charge is 0.491 e. The zero-order valence-corrected chi connectivity index (χ0v) is 13.9. The van der Waals surface area contributed by atoms with E-state index in [1.807, 2.05) is 24.3 Å². The number of aryl methyl sites for hydroxylation is 1. The van der Waals surface area contributed by atoms with Crippen molar-refractivity contribution in [2.24, 2.45) is 11.7 Å². The van der Waals surface area contributed by atoms with E-state index in [0.717, 1.165) is 30.6 Å². The lowest BCUT2D eigenvalue weighted by Crippen LogP contribution is -2.38. The van der Waals surface area contributed by atoms with Crippen LogP contribution in [0.2, 0.25) is 0 Å². The standard InChI is InChI=1S/C18H19N3O4/c1-21-13-7-2-3-8-14(13)24-9-11(18(21)23)10-5-4-6-12-15(10)16(17(19)22)25-20-12/h2-3,7-8,10-11H,4-6,9H2,1H3,(H2,19,22)/t10?,11-/m1/s1. The first-order valence-corrected chi connectivity index (χ1v) is 8.35. The van der Waals surface area contributed by atoms with Gasteiger partial charge in [-0.1, -0.05) is 17.3 Å². The normalized spacial score (nSPS) is 22.6. The number of hydrogen-bond donors (Lipinski definition) is 1. The number of aromatic nitrogens is 1. The molecule has 2 atom stereocenters. The number of anilines is 1. The van der Waals surface area contributed by atoms with E-state index in [2.05, 4.69) is 5.16 Å². The van der Waals surface area contributed by atoms with Crippen molar-refractivity contribution in [3.05, 3.63) is 41.3 Å². The van der Waals surface area contributed by atoms with Crippen molar-refractivity contribution < 1.29 is 18.8 Å². The molecule has 4 rings (SSSR count). The van der Waals surface area contributed by atoms with Crippen LogP contribution in [0.25, 0.3) is 0 Å². The van der Waals surface area contributed by atoms with Crippen molar-refractivity contribution >= 4 is 17.5 Å². The third-order valence-electron chi connectivity index (χ3n) is 5.10. The van der Waals surface area contributed by atoms with Crippen LogP contribution in [-0.2, 0) is 11.2 Å². The third-order valence-corrected chi connectivity index (χ3v) is 5.10. The molecule has 0 fully saturated rings. The molecule has 0 saturated carbocycles. The molecule has 130 valence electrons. The number of carbonyl (C=O) groups is 2. The Kier molecular flexibility index (Phi) is 3.71. The molecule has 2 N–H and O–H groups in total. The molecule has 1 aliphatic carbocycles. The molecule has 1 aliphatic heterocycles. The maximum atomic E-state index is 13.1. The summed E-state index contributed by atoms with van der Waals surface area (Å²) >= 11 is 0. The predicted molar refractivity (Wildman–Crippen MR) is 89.5 cm³/mol. The van der Waals surface area contributed by atoms with Crippen LogP contribution in [0.5, 0.6) is 5.75 Å². The zero-order valence-electron chi connectivity index (χ0n) is 13.9. The van der Waals surface area contributed by atoms with Crippen molar-refractivity contribution in [1.82, 2.24) is 5.16 Å². The number of amides is 2. The second-order valence-electron chi connectivity index (χ2n) is 6.52. The molecular formula is C18H19N3O4. The van der Waals surface area contributed by atoms with Crippen molar-refractivity contribution in [2.45, 2.75) is 25.2 Å². The van der Waals surface area contributed by atoms with Gasteiger partial charge in [-0.3, -0.25) is 9.59 Å². The van der Waals surface area contributed by atoms with Gasteiger partial charge in [0.25, 0.3) is 5.91 Å². The van der Waals surface area contributed by atoms with Gasteiger partial charge in [0.15, 0.2) is 0 Å². The first-order valence-electron chi connectivity index (χ1n) is 8.35. The second-order valence-corrected chi connectivity index (χ2v) is 6.52. The summed E-state index contributed by atoms with van der Waals surface area (Å²) in [6, 6.07) is 7.45. The zero-order chi connectivity index (χ0) is 17.6. The van der Waals surface area contributed by atoms with Crippen LogP contribution >= 0.6 is 0 Å². The average molecular weight is 341 g/mol. The van der Waals surface area contributed by atoms with Crippen LogP contribution < -0.4 is 15.4 Å². The van der Waals surface area contributed by atoms with Crippen LogP contribution in [0.1, 0.15) is 40.6 Å². The van der Waals surface area contributed by atoms with Crippen molar-refractivity contribution in [2.75, 3.05) is 18.6 Å². The summed E-state index contributed by atoms with van der Waals surface area (Å²) in [7, 11) is 1.75. The SMILES string of the molecule is CN1C(=O)[C@@H](C2CCCc3noc(C(N)=O)c32)COc2ccccc21. The van der Waals surface area contributed by atoms with E-state index in [1.165, 1.54) is 0 Å². The van der Waals surface area contributed by atoms with Gasteiger partial charge >= 0.3 is 0 Å². The number of fused-ring (bicyclic) bond motifs is 2. The summed E-state index contributed by atoms with van der Waals surface area (Å²) in [6.07, 6.45) is 2.36. The highest BCUT2D eigenvalue weighted by atomic mass is 16.5. The Labute approximate surface area is 144 Å². The molecule has 2 heterocycles. The molecule has 0 saturated heterocycles. The Hall–Kier alpha value is -2.83. The smallest absolute Gasteiger partial charge is 0.287 e. The van der Waals surface area contributed by atoms with E-state index in [9.17, 15) is 9.59 Å². The van der Waals surface area contributed by atoms with Crippen molar-refractivity contribution in [3.8, 4) is 5.75 Å². The van der Waals surface area contributed by atoms with Gasteiger partial charge in [0.05, 0.1) is 17.3 Å². The first kappa shape index (κ1) is 15.7. The lowest BCUT2D eigenvalue weighted by molar-refractivity contribution is -0.123. The molecule has 1 unspecified atom stereocenters. The van der Waals surface area contributed by atoms with Gasteiger partial charge < -0.3 is 19.9 Å². The number of ether oxygens (including phenoxy) is 1. The number of nitrogens with zero attached hydrogens (tertiary/aromatic N) is 2. The highest BCUT2D eigenvalue weighted by molar-refractivity contribution is 5.98. The maximum Gasteiger partial charge on any atom is 0.287 e. The fraction of sp³-hybridized carbons (Fsp3) is 0.389. The summed E-state index contributed by atoms with van der Waals surface area (Å²) in [5, 5.41) is 3.99. The van der Waals surface area contributed by atoms with E-state index >= 15 is 0 Å². The minimum atomic E-state index is -0.653. The van der Waals surface area contributed by atoms with Gasteiger partial charge in [-0.15, -0.1) is 0 Å². The van der Waals surface area contributed by atoms with Crippen molar-refractivity contribution in [3.63, 3.8) is 0 Å². The average Bonchev–Trinajstić information content (AvgIpc) is 3.01. The van der Waals surface area contributed by atoms with Gasteiger partial charge in [-0.25, -0.2) is 0 Å². The molecule has 7 heteroatoms.